The van der Waals surface area contributed by atoms with Gasteiger partial charge >= 0.3 is 11.9 Å². The Balaban J connectivity index is 1.12. The number of ether oxygens (including phenoxy) is 8. The third kappa shape index (κ3) is 8.35. The van der Waals surface area contributed by atoms with Gasteiger partial charge in [-0.2, -0.15) is 0 Å². The van der Waals surface area contributed by atoms with Gasteiger partial charge in [-0.15, -0.1) is 0 Å². The molecular formula is C44H74O12. The molecule has 0 aromatic heterocycles. The predicted molar refractivity (Wildman–Crippen MR) is 207 cm³/mol. The summed E-state index contributed by atoms with van der Waals surface area (Å²) >= 11 is 0. The third-order valence-electron chi connectivity index (χ3n) is 15.1. The van der Waals surface area contributed by atoms with Crippen molar-refractivity contribution in [1.82, 2.24) is 0 Å². The van der Waals surface area contributed by atoms with E-state index in [9.17, 15) is 19.8 Å². The van der Waals surface area contributed by atoms with Gasteiger partial charge in [0.25, 0.3) is 0 Å². The molecule has 0 bridgehead atoms. The maximum Gasteiger partial charge on any atom is 0.308 e. The van der Waals surface area contributed by atoms with E-state index in [-0.39, 0.29) is 103 Å². The second kappa shape index (κ2) is 16.6. The van der Waals surface area contributed by atoms with Crippen LogP contribution in [-0.4, -0.2) is 107 Å². The SMILES string of the molecule is CO[C@@H]1C[C@@H](C[C@H]2CC[C@H](C)[C@H]([C@@H](C)C(=O)O)O2)OC2(O[C@](C)([C@H]3CC[C@@](C)([C@@H]4O[C@@H]([C@H]5O[C@@](O)(COC(=O)C(C)C)C(C)CC5C)C[C@@H]4C)O3)C[C@H]2C)[C@@H]1C. The van der Waals surface area contributed by atoms with Crippen molar-refractivity contribution in [3.05, 3.63) is 0 Å². The summed E-state index contributed by atoms with van der Waals surface area (Å²) in [4.78, 5) is 24.1. The highest BCUT2D eigenvalue weighted by atomic mass is 16.7. The Morgan fingerprint density at radius 3 is 2.20 bits per heavy atom. The molecule has 12 heteroatoms. The van der Waals surface area contributed by atoms with Crippen molar-refractivity contribution in [2.45, 2.75) is 206 Å². The highest BCUT2D eigenvalue weighted by Gasteiger charge is 2.65. The highest BCUT2D eigenvalue weighted by molar-refractivity contribution is 5.71. The number of carboxylic acid groups (broad SMARTS) is 1. The van der Waals surface area contributed by atoms with Crippen LogP contribution < -0.4 is 0 Å². The molecule has 0 aliphatic carbocycles. The van der Waals surface area contributed by atoms with Crippen LogP contribution in [0.1, 0.15) is 134 Å². The average molecular weight is 795 g/mol. The van der Waals surface area contributed by atoms with E-state index < -0.39 is 34.7 Å². The molecule has 6 aliphatic heterocycles. The molecule has 0 saturated carbocycles. The molecule has 0 aromatic carbocycles. The van der Waals surface area contributed by atoms with Crippen molar-refractivity contribution in [2.24, 2.45) is 47.3 Å². The number of aliphatic carboxylic acids is 1. The minimum atomic E-state index is -1.57. The van der Waals surface area contributed by atoms with Crippen molar-refractivity contribution in [2.75, 3.05) is 13.7 Å². The molecule has 3 unspecified atom stereocenters. The first-order valence-electron chi connectivity index (χ1n) is 21.8. The van der Waals surface area contributed by atoms with Crippen LogP contribution in [0.4, 0.5) is 0 Å². The molecule has 0 aromatic rings. The molecule has 19 atom stereocenters. The fraction of sp³-hybridized carbons (Fsp3) is 0.955. The quantitative estimate of drug-likeness (QED) is 0.210. The van der Waals surface area contributed by atoms with E-state index in [0.717, 1.165) is 51.4 Å². The van der Waals surface area contributed by atoms with Crippen molar-refractivity contribution < 1.29 is 57.7 Å². The van der Waals surface area contributed by atoms with Crippen LogP contribution in [0.25, 0.3) is 0 Å². The first kappa shape index (κ1) is 44.2. The van der Waals surface area contributed by atoms with Crippen molar-refractivity contribution in [3.8, 4) is 0 Å². The molecule has 0 radical (unpaired) electrons. The summed E-state index contributed by atoms with van der Waals surface area (Å²) in [5.74, 6) is -4.11. The fourth-order valence-corrected chi connectivity index (χ4v) is 11.6. The Morgan fingerprint density at radius 1 is 0.821 bits per heavy atom. The predicted octanol–water partition coefficient (Wildman–Crippen LogP) is 6.91. The summed E-state index contributed by atoms with van der Waals surface area (Å²) in [5, 5.41) is 21.3. The molecular weight excluding hydrogens is 720 g/mol. The van der Waals surface area contributed by atoms with Gasteiger partial charge in [-0.05, 0) is 83.5 Å². The van der Waals surface area contributed by atoms with Crippen molar-refractivity contribution in [1.29, 1.82) is 0 Å². The standard InChI is InChI=1S/C44H74O12/c1-23(2)40(47)50-22-43(48)27(6)17-25(4)37(55-43)34-18-26(5)38(52-34)41(10)16-15-35(54-41)42(11)21-28(7)44(56-42)30(9)33(49-12)20-32(53-44)19-31-14-13-24(3)36(51-31)29(8)39(45)46/h23-38,48H,13-22H2,1-12H3,(H,45,46)/t24-,25?,26-,27?,28+,29+,30+,31+,32+,33+,34+,35+,36+,37-,38+,41-,42-,43-,44?/m0/s1. The zero-order valence-corrected chi connectivity index (χ0v) is 36.3. The monoisotopic (exact) mass is 795 g/mol. The Bertz CT molecular complexity index is 1390. The van der Waals surface area contributed by atoms with Crippen LogP contribution in [0, 0.1) is 47.3 Å². The number of esters is 1. The maximum atomic E-state index is 12.3. The van der Waals surface area contributed by atoms with E-state index in [1.165, 1.54) is 0 Å². The average Bonchev–Trinajstić information content (AvgIpc) is 3.81. The van der Waals surface area contributed by atoms with Gasteiger partial charge < -0.3 is 48.1 Å². The highest BCUT2D eigenvalue weighted by Crippen LogP contribution is 2.57. The van der Waals surface area contributed by atoms with E-state index in [4.69, 9.17) is 37.9 Å². The van der Waals surface area contributed by atoms with E-state index in [1.54, 1.807) is 27.9 Å². The smallest absolute Gasteiger partial charge is 0.308 e. The fourth-order valence-electron chi connectivity index (χ4n) is 11.6. The maximum absolute atomic E-state index is 12.3. The number of carbonyl (C=O) groups excluding carboxylic acids is 1. The third-order valence-corrected chi connectivity index (χ3v) is 15.1. The lowest BCUT2D eigenvalue weighted by atomic mass is 9.78. The number of hydrogen-bond acceptors (Lipinski definition) is 11. The van der Waals surface area contributed by atoms with Gasteiger partial charge in [0.05, 0.1) is 71.9 Å². The molecule has 0 amide bonds. The van der Waals surface area contributed by atoms with Crippen LogP contribution in [0.15, 0.2) is 0 Å². The topological polar surface area (TPSA) is 148 Å². The summed E-state index contributed by atoms with van der Waals surface area (Å²) < 4.78 is 53.0. The summed E-state index contributed by atoms with van der Waals surface area (Å²) in [7, 11) is 1.77. The lowest BCUT2D eigenvalue weighted by Gasteiger charge is -2.50. The largest absolute Gasteiger partial charge is 0.481 e. The number of hydrogen-bond donors (Lipinski definition) is 2. The Hall–Kier alpha value is -1.38. The van der Waals surface area contributed by atoms with Crippen molar-refractivity contribution >= 4 is 11.9 Å². The minimum absolute atomic E-state index is 0.0212. The van der Waals surface area contributed by atoms with E-state index in [1.807, 2.05) is 6.92 Å². The molecule has 1 spiro atoms. The molecule has 56 heavy (non-hydrogen) atoms. The van der Waals surface area contributed by atoms with Crippen LogP contribution in [0.2, 0.25) is 0 Å². The zero-order valence-electron chi connectivity index (χ0n) is 36.3. The van der Waals surface area contributed by atoms with Crippen LogP contribution in [-0.2, 0) is 47.5 Å². The normalized spacial score (nSPS) is 50.4. The lowest BCUT2D eigenvalue weighted by molar-refractivity contribution is -0.353. The van der Waals surface area contributed by atoms with Crippen LogP contribution in [0.3, 0.4) is 0 Å². The van der Waals surface area contributed by atoms with E-state index >= 15 is 0 Å². The van der Waals surface area contributed by atoms with Gasteiger partial charge in [-0.1, -0.05) is 55.4 Å². The number of carboxylic acids is 1. The van der Waals surface area contributed by atoms with Gasteiger partial charge in [0.2, 0.25) is 5.79 Å². The van der Waals surface area contributed by atoms with Gasteiger partial charge in [0.15, 0.2) is 5.79 Å². The molecule has 6 saturated heterocycles. The first-order chi connectivity index (χ1) is 26.1. The summed E-state index contributed by atoms with van der Waals surface area (Å²) in [5.41, 5.74) is -1.15. The van der Waals surface area contributed by atoms with Crippen LogP contribution in [0.5, 0.6) is 0 Å². The molecule has 6 fully saturated rings. The minimum Gasteiger partial charge on any atom is -0.481 e. The van der Waals surface area contributed by atoms with E-state index in [0.29, 0.717) is 6.42 Å². The molecule has 2 N–H and O–H groups in total. The summed E-state index contributed by atoms with van der Waals surface area (Å²) in [6.07, 6.45) is 5.53. The van der Waals surface area contributed by atoms with Crippen LogP contribution >= 0.6 is 0 Å². The summed E-state index contributed by atoms with van der Waals surface area (Å²) in [6.45, 7) is 22.2. The lowest BCUT2D eigenvalue weighted by Crippen LogP contribution is -2.58. The number of aliphatic hydroxyl groups is 1. The zero-order chi connectivity index (χ0) is 41.1. The number of methoxy groups -OCH3 is 1. The van der Waals surface area contributed by atoms with Gasteiger partial charge in [0.1, 0.15) is 6.61 Å². The van der Waals surface area contributed by atoms with Gasteiger partial charge in [-0.3, -0.25) is 9.59 Å². The Kier molecular flexibility index (Phi) is 13.1. The Labute approximate surface area is 335 Å². The number of rotatable bonds is 11. The van der Waals surface area contributed by atoms with Gasteiger partial charge in [-0.25, -0.2) is 0 Å². The number of carbonyl (C=O) groups is 2. The first-order valence-corrected chi connectivity index (χ1v) is 21.8. The molecule has 6 aliphatic rings. The molecule has 322 valence electrons. The summed E-state index contributed by atoms with van der Waals surface area (Å²) in [6, 6.07) is 0. The van der Waals surface area contributed by atoms with Crippen molar-refractivity contribution in [3.63, 3.8) is 0 Å². The van der Waals surface area contributed by atoms with Gasteiger partial charge in [0, 0.05) is 37.7 Å². The molecule has 12 nitrogen and oxygen atoms in total. The van der Waals surface area contributed by atoms with E-state index in [2.05, 4.69) is 48.5 Å². The second-order valence-electron chi connectivity index (χ2n) is 20.0. The molecule has 6 heterocycles. The Morgan fingerprint density at radius 2 is 1.54 bits per heavy atom. The molecule has 6 rings (SSSR count). The second-order valence-corrected chi connectivity index (χ2v) is 20.0.